The average molecular weight is 422 g/mol. The van der Waals surface area contributed by atoms with Gasteiger partial charge in [-0.15, -0.1) is 0 Å². The molecule has 1 unspecified atom stereocenters. The minimum absolute atomic E-state index is 0.0660. The lowest BCUT2D eigenvalue weighted by Crippen LogP contribution is -2.45. The minimum atomic E-state index is -0.670. The van der Waals surface area contributed by atoms with Crippen LogP contribution in [0, 0.1) is 11.3 Å². The quantitative estimate of drug-likeness (QED) is 0.392. The van der Waals surface area contributed by atoms with Crippen molar-refractivity contribution in [2.24, 2.45) is 5.11 Å². The van der Waals surface area contributed by atoms with Gasteiger partial charge in [0.15, 0.2) is 0 Å². The molecule has 1 saturated heterocycles. The Labute approximate surface area is 177 Å². The van der Waals surface area contributed by atoms with Crippen LogP contribution < -0.4 is 16.2 Å². The minimum Gasteiger partial charge on any atom is -0.374 e. The molecule has 0 amide bonds. The van der Waals surface area contributed by atoms with Crippen molar-refractivity contribution in [1.82, 2.24) is 15.2 Å². The number of anilines is 1. The topological polar surface area (TPSA) is 117 Å². The van der Waals surface area contributed by atoms with Crippen LogP contribution in [-0.2, 0) is 0 Å². The van der Waals surface area contributed by atoms with Gasteiger partial charge in [0.05, 0.1) is 11.1 Å². The smallest absolute Gasteiger partial charge is 0.258 e. The number of aromatic amines is 1. The van der Waals surface area contributed by atoms with Crippen molar-refractivity contribution in [3.8, 4) is 0 Å². The lowest BCUT2D eigenvalue weighted by atomic mass is 10.1. The number of piperazine rings is 1. The normalized spacial score (nSPS) is 16.3. The third-order valence-electron chi connectivity index (χ3n) is 5.31. The van der Waals surface area contributed by atoms with Crippen LogP contribution >= 0.6 is 0 Å². The molecule has 1 aliphatic heterocycles. The molecule has 0 aliphatic carbocycles. The maximum absolute atomic E-state index is 14.1. The first kappa shape index (κ1) is 20.9. The van der Waals surface area contributed by atoms with Gasteiger partial charge in [-0.05, 0) is 35.9 Å². The van der Waals surface area contributed by atoms with Crippen LogP contribution in [0.3, 0.4) is 0 Å². The highest BCUT2D eigenvalue weighted by Crippen LogP contribution is 2.22. The van der Waals surface area contributed by atoms with E-state index in [9.17, 15) is 14.3 Å². The molecule has 4 rings (SSSR count). The number of aliphatic hydroxyl groups is 1. The van der Waals surface area contributed by atoms with Gasteiger partial charge < -0.3 is 20.7 Å². The van der Waals surface area contributed by atoms with Crippen molar-refractivity contribution in [2.75, 3.05) is 31.5 Å². The highest BCUT2D eigenvalue weighted by Gasteiger charge is 2.19. The summed E-state index contributed by atoms with van der Waals surface area (Å²) in [5, 5.41) is 20.5. The highest BCUT2D eigenvalue weighted by molar-refractivity contribution is 5.83. The molecule has 0 radical (unpaired) electrons. The number of nitrogens with zero attached hydrogens (tertiary/aromatic N) is 2. The SMILES string of the molecule is N=N/C(=C\Nc1ccc(C(O)N2CCNCC2)cc1)c1cc2c(F)cccc2[nH]c1=O. The van der Waals surface area contributed by atoms with E-state index in [-0.39, 0.29) is 16.6 Å². The third kappa shape index (κ3) is 4.53. The van der Waals surface area contributed by atoms with Gasteiger partial charge in [-0.25, -0.2) is 9.92 Å². The van der Waals surface area contributed by atoms with Gasteiger partial charge in [-0.1, -0.05) is 18.2 Å². The van der Waals surface area contributed by atoms with Gasteiger partial charge in [-0.3, -0.25) is 9.69 Å². The fourth-order valence-electron chi connectivity index (χ4n) is 3.59. The van der Waals surface area contributed by atoms with E-state index in [2.05, 4.69) is 20.7 Å². The first-order valence-electron chi connectivity index (χ1n) is 9.96. The molecule has 31 heavy (non-hydrogen) atoms. The van der Waals surface area contributed by atoms with E-state index in [4.69, 9.17) is 5.53 Å². The molecule has 3 aromatic rings. The zero-order valence-electron chi connectivity index (χ0n) is 16.7. The lowest BCUT2D eigenvalue weighted by molar-refractivity contribution is -0.00544. The number of aliphatic hydroxyl groups excluding tert-OH is 1. The van der Waals surface area contributed by atoms with E-state index < -0.39 is 17.6 Å². The number of rotatable bonds is 6. The van der Waals surface area contributed by atoms with Crippen LogP contribution in [0.15, 0.2) is 64.6 Å². The summed E-state index contributed by atoms with van der Waals surface area (Å²) in [6.07, 6.45) is 0.753. The summed E-state index contributed by atoms with van der Waals surface area (Å²) in [5.74, 6) is -0.467. The van der Waals surface area contributed by atoms with E-state index in [1.54, 1.807) is 18.2 Å². The zero-order chi connectivity index (χ0) is 21.8. The van der Waals surface area contributed by atoms with Gasteiger partial charge in [0.1, 0.15) is 17.7 Å². The molecule has 0 bridgehead atoms. The summed E-state index contributed by atoms with van der Waals surface area (Å²) < 4.78 is 14.1. The number of H-pyrrole nitrogens is 1. The number of halogens is 1. The molecule has 2 aromatic carbocycles. The van der Waals surface area contributed by atoms with Gasteiger partial charge in [0, 0.05) is 43.5 Å². The maximum Gasteiger partial charge on any atom is 0.258 e. The Morgan fingerprint density at radius 2 is 1.97 bits per heavy atom. The molecule has 0 saturated carbocycles. The number of aromatic nitrogens is 1. The second-order valence-corrected chi connectivity index (χ2v) is 7.28. The summed E-state index contributed by atoms with van der Waals surface area (Å²) in [6, 6.07) is 13.0. The van der Waals surface area contributed by atoms with Crippen molar-refractivity contribution in [1.29, 1.82) is 5.53 Å². The van der Waals surface area contributed by atoms with Crippen LogP contribution in [-0.4, -0.2) is 41.2 Å². The second kappa shape index (κ2) is 9.17. The Morgan fingerprint density at radius 1 is 1.23 bits per heavy atom. The summed E-state index contributed by atoms with van der Waals surface area (Å²) in [6.45, 7) is 3.25. The molecule has 1 atom stereocenters. The highest BCUT2D eigenvalue weighted by atomic mass is 19.1. The Hall–Kier alpha value is -3.40. The maximum atomic E-state index is 14.1. The number of hydrogen-bond donors (Lipinski definition) is 5. The molecular weight excluding hydrogens is 399 g/mol. The summed E-state index contributed by atoms with van der Waals surface area (Å²) in [4.78, 5) is 17.0. The van der Waals surface area contributed by atoms with Gasteiger partial charge >= 0.3 is 0 Å². The van der Waals surface area contributed by atoms with Crippen molar-refractivity contribution in [2.45, 2.75) is 6.23 Å². The Bertz CT molecular complexity index is 1170. The van der Waals surface area contributed by atoms with Crippen molar-refractivity contribution >= 4 is 22.3 Å². The summed E-state index contributed by atoms with van der Waals surface area (Å²) in [7, 11) is 0. The van der Waals surface area contributed by atoms with Gasteiger partial charge in [0.2, 0.25) is 0 Å². The van der Waals surface area contributed by atoms with Gasteiger partial charge in [0.25, 0.3) is 5.56 Å². The van der Waals surface area contributed by atoms with E-state index in [0.717, 1.165) is 31.7 Å². The van der Waals surface area contributed by atoms with Crippen LogP contribution in [0.5, 0.6) is 0 Å². The Balaban J connectivity index is 1.53. The monoisotopic (exact) mass is 422 g/mol. The van der Waals surface area contributed by atoms with E-state index in [0.29, 0.717) is 11.2 Å². The molecular formula is C22H23FN6O2. The molecule has 1 fully saturated rings. The number of pyridine rings is 1. The van der Waals surface area contributed by atoms with Crippen LogP contribution in [0.4, 0.5) is 10.1 Å². The number of fused-ring (bicyclic) bond motifs is 1. The largest absolute Gasteiger partial charge is 0.374 e. The summed E-state index contributed by atoms with van der Waals surface area (Å²) in [5.41, 5.74) is 9.00. The predicted octanol–water partition coefficient (Wildman–Crippen LogP) is 3.00. The fourth-order valence-corrected chi connectivity index (χ4v) is 3.59. The number of nitrogens with one attached hydrogen (secondary N) is 4. The molecule has 160 valence electrons. The lowest BCUT2D eigenvalue weighted by Gasteiger charge is -2.31. The molecule has 1 aliphatic rings. The van der Waals surface area contributed by atoms with E-state index in [1.807, 2.05) is 17.0 Å². The van der Waals surface area contributed by atoms with Crippen molar-refractivity contribution < 1.29 is 9.50 Å². The fraction of sp³-hybridized carbons (Fsp3) is 0.227. The van der Waals surface area contributed by atoms with Crippen LogP contribution in [0.25, 0.3) is 16.6 Å². The summed E-state index contributed by atoms with van der Waals surface area (Å²) >= 11 is 0. The van der Waals surface area contributed by atoms with Crippen LogP contribution in [0.1, 0.15) is 17.4 Å². The average Bonchev–Trinajstić information content (AvgIpc) is 2.80. The molecule has 5 N–H and O–H groups in total. The second-order valence-electron chi connectivity index (χ2n) is 7.28. The van der Waals surface area contributed by atoms with E-state index >= 15 is 0 Å². The molecule has 1 aromatic heterocycles. The van der Waals surface area contributed by atoms with Gasteiger partial charge in [-0.2, -0.15) is 5.11 Å². The molecule has 9 heteroatoms. The van der Waals surface area contributed by atoms with Crippen molar-refractivity contribution in [3.05, 3.63) is 82.0 Å². The first-order valence-corrected chi connectivity index (χ1v) is 9.96. The third-order valence-corrected chi connectivity index (χ3v) is 5.31. The Kier molecular flexibility index (Phi) is 6.17. The number of hydrogen-bond acceptors (Lipinski definition) is 7. The van der Waals surface area contributed by atoms with E-state index in [1.165, 1.54) is 24.4 Å². The zero-order valence-corrected chi connectivity index (χ0v) is 16.7. The van der Waals surface area contributed by atoms with Crippen LogP contribution in [0.2, 0.25) is 0 Å². The molecule has 0 spiro atoms. The van der Waals surface area contributed by atoms with Crippen molar-refractivity contribution in [3.63, 3.8) is 0 Å². The predicted molar refractivity (Wildman–Crippen MR) is 117 cm³/mol. The Morgan fingerprint density at radius 3 is 2.68 bits per heavy atom. The molecule has 2 heterocycles. The number of benzene rings is 2. The molecule has 8 nitrogen and oxygen atoms in total. The standard InChI is InChI=1S/C22H23FN6O2/c23-18-2-1-3-19-16(18)12-17(21(30)27-19)20(28-24)13-26-15-6-4-14(5-7-15)22(31)29-10-8-25-9-11-29/h1-7,12-13,22,24-26,31H,8-11H2,(H,27,30)/b20-13-,28-24?. The first-order chi connectivity index (χ1) is 15.1.